The van der Waals surface area contributed by atoms with Gasteiger partial charge in [-0.25, -0.2) is 13.9 Å². The number of aryl methyl sites for hydroxylation is 1. The molecule has 0 saturated carbocycles. The first-order chi connectivity index (χ1) is 21.6. The van der Waals surface area contributed by atoms with E-state index in [1.165, 1.54) is 0 Å². The van der Waals surface area contributed by atoms with Crippen LogP contribution in [-0.2, 0) is 36.1 Å². The van der Waals surface area contributed by atoms with E-state index in [1.807, 2.05) is 78.8 Å². The maximum atomic E-state index is 13.3. The first-order valence-corrected chi connectivity index (χ1v) is 16.9. The predicted molar refractivity (Wildman–Crippen MR) is 184 cm³/mol. The Hall–Kier alpha value is -2.62. The molecule has 0 bridgehead atoms. The number of benzene rings is 2. The van der Waals surface area contributed by atoms with E-state index in [-0.39, 0.29) is 6.42 Å². The van der Waals surface area contributed by atoms with Gasteiger partial charge >= 0.3 is 20.8 Å². The Labute approximate surface area is 287 Å². The highest BCUT2D eigenvalue weighted by molar-refractivity contribution is 7.17. The van der Waals surface area contributed by atoms with Crippen LogP contribution >= 0.6 is 20.3 Å². The summed E-state index contributed by atoms with van der Waals surface area (Å²) in [5.41, 5.74) is -2.08. The third kappa shape index (κ3) is 13.1. The SMILES string of the molecule is CCOc1cccc(CCOc2c(Cl)cc(CCC(C)(NC(=O)OC(C)(C)C)C(OP=O)(OC(C)(C)C)OC(C)(C)C)cc2OC)c1. The highest BCUT2D eigenvalue weighted by Gasteiger charge is 2.58. The van der Waals surface area contributed by atoms with Crippen molar-refractivity contribution in [3.8, 4) is 17.2 Å². The van der Waals surface area contributed by atoms with Crippen molar-refractivity contribution in [1.82, 2.24) is 5.32 Å². The summed E-state index contributed by atoms with van der Waals surface area (Å²) in [6.07, 6.45) is 0.439. The van der Waals surface area contributed by atoms with E-state index in [0.717, 1.165) is 16.9 Å². The highest BCUT2D eigenvalue weighted by Crippen LogP contribution is 2.43. The van der Waals surface area contributed by atoms with Gasteiger partial charge in [0.05, 0.1) is 36.5 Å². The summed E-state index contributed by atoms with van der Waals surface area (Å²) in [5, 5.41) is 3.29. The fraction of sp³-hybridized carbons (Fsp3) is 0.629. The molecule has 47 heavy (non-hydrogen) atoms. The number of nitrogens with one attached hydrogen (secondary N) is 1. The number of ether oxygens (including phenoxy) is 6. The first kappa shape index (κ1) is 40.6. The molecule has 1 atom stereocenters. The van der Waals surface area contributed by atoms with Crippen molar-refractivity contribution in [2.45, 2.75) is 124 Å². The normalized spacial score (nSPS) is 14.0. The molecule has 0 aromatic heterocycles. The number of alkyl carbamates (subject to hydrolysis) is 1. The number of rotatable bonds is 16. The minimum atomic E-state index is -2.01. The van der Waals surface area contributed by atoms with Crippen molar-refractivity contribution in [3.05, 3.63) is 52.5 Å². The maximum absolute atomic E-state index is 13.3. The zero-order chi connectivity index (χ0) is 35.7. The van der Waals surface area contributed by atoms with Crippen LogP contribution < -0.4 is 19.5 Å². The average molecular weight is 698 g/mol. The fourth-order valence-electron chi connectivity index (χ4n) is 4.74. The highest BCUT2D eigenvalue weighted by atomic mass is 35.5. The second-order valence-electron chi connectivity index (χ2n) is 14.4. The van der Waals surface area contributed by atoms with Gasteiger partial charge in [-0.3, -0.25) is 0 Å². The van der Waals surface area contributed by atoms with Crippen molar-refractivity contribution in [1.29, 1.82) is 0 Å². The summed E-state index contributed by atoms with van der Waals surface area (Å²) in [7, 11) is 0.834. The van der Waals surface area contributed by atoms with Gasteiger partial charge < -0.3 is 33.7 Å². The molecular weight excluding hydrogens is 645 g/mol. The predicted octanol–water partition coefficient (Wildman–Crippen LogP) is 9.09. The third-order valence-electron chi connectivity index (χ3n) is 6.54. The number of hydrogen-bond acceptors (Lipinski definition) is 9. The molecular formula is C35H53ClNO9P. The zero-order valence-corrected chi connectivity index (χ0v) is 31.6. The number of halogens is 1. The molecule has 0 aliphatic heterocycles. The van der Waals surface area contributed by atoms with Crippen molar-refractivity contribution >= 4 is 26.4 Å². The van der Waals surface area contributed by atoms with Gasteiger partial charge in [-0.2, -0.15) is 0 Å². The van der Waals surface area contributed by atoms with Gasteiger partial charge in [-0.1, -0.05) is 23.7 Å². The number of hydrogen-bond donors (Lipinski definition) is 1. The van der Waals surface area contributed by atoms with Gasteiger partial charge in [0.25, 0.3) is 0 Å². The van der Waals surface area contributed by atoms with Gasteiger partial charge in [0.1, 0.15) is 16.9 Å². The summed E-state index contributed by atoms with van der Waals surface area (Å²) in [5.74, 6) is -0.332. The third-order valence-corrected chi connectivity index (χ3v) is 7.14. The van der Waals surface area contributed by atoms with Crippen LogP contribution in [0.4, 0.5) is 4.79 Å². The van der Waals surface area contributed by atoms with E-state index < -0.39 is 43.1 Å². The number of carbonyl (C=O) groups excluding carboxylic acids is 1. The Kier molecular flexibility index (Phi) is 14.4. The molecule has 0 radical (unpaired) electrons. The standard InChI is InChI=1S/C35H53ClNO9P/c1-13-41-26-16-14-15-24(21-26)18-20-42-29-27(36)22-25(23-28(29)40-12)17-19-34(11,37-30(38)43-31(2,3)4)35(46-47-39,44-32(5,6)7)45-33(8,9)10/h14-16,21-23H,13,17-20H2,1-12H3,(H,37,38). The molecule has 0 fully saturated rings. The zero-order valence-electron chi connectivity index (χ0n) is 30.0. The molecule has 2 aromatic carbocycles. The fourth-order valence-corrected chi connectivity index (χ4v) is 5.40. The minimum absolute atomic E-state index is 0.184. The molecule has 10 nitrogen and oxygen atoms in total. The Balaban J connectivity index is 2.45. The Bertz CT molecular complexity index is 1320. The lowest BCUT2D eigenvalue weighted by Crippen LogP contribution is -2.69. The largest absolute Gasteiger partial charge is 0.494 e. The van der Waals surface area contributed by atoms with Crippen LogP contribution in [0.15, 0.2) is 36.4 Å². The molecule has 0 saturated heterocycles. The van der Waals surface area contributed by atoms with E-state index in [9.17, 15) is 9.36 Å². The molecule has 0 aliphatic rings. The van der Waals surface area contributed by atoms with Crippen molar-refractivity contribution in [2.75, 3.05) is 20.3 Å². The van der Waals surface area contributed by atoms with Crippen molar-refractivity contribution in [3.63, 3.8) is 0 Å². The van der Waals surface area contributed by atoms with Crippen LogP contribution in [-0.4, -0.2) is 54.7 Å². The summed E-state index contributed by atoms with van der Waals surface area (Å²) in [4.78, 5) is 13.3. The van der Waals surface area contributed by atoms with Crippen LogP contribution in [0.1, 0.15) is 93.7 Å². The van der Waals surface area contributed by atoms with Gasteiger partial charge in [0.2, 0.25) is 0 Å². The lowest BCUT2D eigenvalue weighted by molar-refractivity contribution is -0.423. The second-order valence-corrected chi connectivity index (χ2v) is 15.1. The molecule has 264 valence electrons. The molecule has 12 heteroatoms. The number of methoxy groups -OCH3 is 1. The molecule has 2 aromatic rings. The van der Waals surface area contributed by atoms with Gasteiger partial charge in [0, 0.05) is 6.42 Å². The second kappa shape index (κ2) is 16.7. The molecule has 0 heterocycles. The quantitative estimate of drug-likeness (QED) is 0.136. The monoisotopic (exact) mass is 697 g/mol. The van der Waals surface area contributed by atoms with E-state index >= 15 is 0 Å². The summed E-state index contributed by atoms with van der Waals surface area (Å²) < 4.78 is 53.7. The molecule has 1 amide bonds. The summed E-state index contributed by atoms with van der Waals surface area (Å²) in [6.45, 7) is 20.8. The molecule has 2 rings (SSSR count). The smallest absolute Gasteiger partial charge is 0.408 e. The van der Waals surface area contributed by atoms with E-state index in [2.05, 4.69) is 5.32 Å². The Morgan fingerprint density at radius 3 is 2.02 bits per heavy atom. The first-order valence-electron chi connectivity index (χ1n) is 15.8. The van der Waals surface area contributed by atoms with Crippen molar-refractivity contribution < 1.29 is 42.3 Å². The summed E-state index contributed by atoms with van der Waals surface area (Å²) >= 11 is 6.75. The Morgan fingerprint density at radius 2 is 1.49 bits per heavy atom. The van der Waals surface area contributed by atoms with Crippen LogP contribution in [0.2, 0.25) is 5.02 Å². The molecule has 0 spiro atoms. The molecule has 1 unspecified atom stereocenters. The maximum Gasteiger partial charge on any atom is 0.408 e. The van der Waals surface area contributed by atoms with Gasteiger partial charge in [0.15, 0.2) is 11.5 Å². The minimum Gasteiger partial charge on any atom is -0.494 e. The lowest BCUT2D eigenvalue weighted by atomic mass is 9.89. The molecule has 0 aliphatic carbocycles. The van der Waals surface area contributed by atoms with Crippen LogP contribution in [0, 0.1) is 0 Å². The number of carbonyl (C=O) groups is 1. The van der Waals surface area contributed by atoms with Gasteiger partial charge in [-0.05, 0) is 124 Å². The van der Waals surface area contributed by atoms with Crippen LogP contribution in [0.3, 0.4) is 0 Å². The topological polar surface area (TPSA) is 111 Å². The van der Waals surface area contributed by atoms with Crippen LogP contribution in [0.5, 0.6) is 17.2 Å². The van der Waals surface area contributed by atoms with Crippen molar-refractivity contribution in [2.24, 2.45) is 0 Å². The van der Waals surface area contributed by atoms with Crippen LogP contribution in [0.25, 0.3) is 0 Å². The van der Waals surface area contributed by atoms with E-state index in [4.69, 9.17) is 44.5 Å². The molecule has 1 N–H and O–H groups in total. The van der Waals surface area contributed by atoms with E-state index in [1.54, 1.807) is 40.9 Å². The average Bonchev–Trinajstić information content (AvgIpc) is 2.90. The Morgan fingerprint density at radius 1 is 0.851 bits per heavy atom. The van der Waals surface area contributed by atoms with E-state index in [0.29, 0.717) is 42.6 Å². The van der Waals surface area contributed by atoms with Gasteiger partial charge in [-0.15, -0.1) is 0 Å². The number of amides is 1. The lowest BCUT2D eigenvalue weighted by Gasteiger charge is -2.50. The summed E-state index contributed by atoms with van der Waals surface area (Å²) in [6, 6.07) is 11.5.